The molecule has 0 spiro atoms. The molecule has 2 amide bonds. The van der Waals surface area contributed by atoms with E-state index in [0.717, 1.165) is 5.56 Å². The van der Waals surface area contributed by atoms with E-state index in [9.17, 15) is 9.59 Å². The smallest absolute Gasteiger partial charge is 0.253 e. The number of anilines is 1. The minimum absolute atomic E-state index is 0. The van der Waals surface area contributed by atoms with Crippen LogP contribution in [0.1, 0.15) is 15.9 Å². The first-order valence-corrected chi connectivity index (χ1v) is 9.18. The molecule has 2 aromatic carbocycles. The summed E-state index contributed by atoms with van der Waals surface area (Å²) >= 11 is 0. The van der Waals surface area contributed by atoms with Gasteiger partial charge in [0.25, 0.3) is 5.91 Å². The Morgan fingerprint density at radius 1 is 1.03 bits per heavy atom. The maximum absolute atomic E-state index is 12.7. The predicted octanol–water partition coefficient (Wildman–Crippen LogP) is 3.07. The first-order chi connectivity index (χ1) is 14.0. The zero-order valence-electron chi connectivity index (χ0n) is 17.6. The maximum Gasteiger partial charge on any atom is 0.253 e. The first-order valence-electron chi connectivity index (χ1n) is 9.18. The highest BCUT2D eigenvalue weighted by Gasteiger charge is 2.21. The molecule has 2 N–H and O–H groups in total. The fourth-order valence-electron chi connectivity index (χ4n) is 2.63. The average molecular weight is 434 g/mol. The topological polar surface area (TPSA) is 79.9 Å². The third-order valence-electron chi connectivity index (χ3n) is 4.11. The van der Waals surface area contributed by atoms with Crippen molar-refractivity contribution in [1.29, 1.82) is 0 Å². The molecule has 0 fully saturated rings. The number of nitrogens with one attached hydrogen (secondary N) is 2. The fraction of sp³-hybridized carbons (Fsp3) is 0.273. The Morgan fingerprint density at radius 3 is 2.33 bits per heavy atom. The van der Waals surface area contributed by atoms with Crippen LogP contribution in [0.3, 0.4) is 0 Å². The molecule has 0 bridgehead atoms. The first kappa shape index (κ1) is 25.0. The summed E-state index contributed by atoms with van der Waals surface area (Å²) in [5, 5.41) is 5.60. The van der Waals surface area contributed by atoms with Gasteiger partial charge in [0, 0.05) is 19.2 Å². The Bertz CT molecular complexity index is 870. The summed E-state index contributed by atoms with van der Waals surface area (Å²) in [5.74, 6) is 0.00629. The molecule has 162 valence electrons. The van der Waals surface area contributed by atoms with E-state index >= 15 is 0 Å². The number of ether oxygens (including phenoxy) is 2. The number of hydrogen-bond donors (Lipinski definition) is 2. The van der Waals surface area contributed by atoms with Crippen molar-refractivity contribution in [3.8, 4) is 11.5 Å². The molecule has 0 unspecified atom stereocenters. The minimum Gasteiger partial charge on any atom is -0.493 e. The van der Waals surface area contributed by atoms with Crippen molar-refractivity contribution in [2.75, 3.05) is 46.7 Å². The van der Waals surface area contributed by atoms with E-state index in [1.165, 1.54) is 20.3 Å². The SMILES string of the molecule is COc1ccc(C(=O)NCCN(C)C)c(NC(=O)C=Cc2ccccc2)c1OC.Cl. The van der Waals surface area contributed by atoms with E-state index in [0.29, 0.717) is 24.4 Å². The monoisotopic (exact) mass is 433 g/mol. The van der Waals surface area contributed by atoms with Crippen molar-refractivity contribution >= 4 is 36.0 Å². The largest absolute Gasteiger partial charge is 0.493 e. The van der Waals surface area contributed by atoms with Crippen LogP contribution in [0.2, 0.25) is 0 Å². The molecule has 0 aromatic heterocycles. The van der Waals surface area contributed by atoms with Gasteiger partial charge in [-0.15, -0.1) is 12.4 Å². The second-order valence-electron chi connectivity index (χ2n) is 6.52. The molecule has 0 heterocycles. The molecule has 7 nitrogen and oxygen atoms in total. The van der Waals surface area contributed by atoms with Crippen molar-refractivity contribution in [2.24, 2.45) is 0 Å². The molecule has 0 saturated heterocycles. The standard InChI is InChI=1S/C22H27N3O4.ClH/c1-25(2)15-14-23-22(27)17-11-12-18(28-3)21(29-4)20(17)24-19(26)13-10-16-8-6-5-7-9-16;/h5-13H,14-15H2,1-4H3,(H,23,27)(H,24,26);1H. The summed E-state index contributed by atoms with van der Waals surface area (Å²) in [7, 11) is 6.80. The quantitative estimate of drug-likeness (QED) is 0.594. The number of likely N-dealkylation sites (N-methyl/N-ethyl adjacent to an activating group) is 1. The number of methoxy groups -OCH3 is 2. The molecule has 0 atom stereocenters. The number of nitrogens with zero attached hydrogens (tertiary/aromatic N) is 1. The zero-order chi connectivity index (χ0) is 21.2. The van der Waals surface area contributed by atoms with E-state index in [1.807, 2.05) is 49.3 Å². The molecule has 0 aliphatic rings. The summed E-state index contributed by atoms with van der Waals surface area (Å²) < 4.78 is 10.7. The molecule has 2 aromatic rings. The summed E-state index contributed by atoms with van der Waals surface area (Å²) in [4.78, 5) is 27.1. The Kier molecular flexibility index (Phi) is 10.4. The van der Waals surface area contributed by atoms with Crippen molar-refractivity contribution in [3.63, 3.8) is 0 Å². The van der Waals surface area contributed by atoms with Crippen molar-refractivity contribution in [2.45, 2.75) is 0 Å². The van der Waals surface area contributed by atoms with Crippen molar-refractivity contribution in [3.05, 3.63) is 59.7 Å². The van der Waals surface area contributed by atoms with Crippen LogP contribution in [0, 0.1) is 0 Å². The number of benzene rings is 2. The van der Waals surface area contributed by atoms with Gasteiger partial charge in [0.05, 0.1) is 19.8 Å². The van der Waals surface area contributed by atoms with Gasteiger partial charge in [-0.25, -0.2) is 0 Å². The van der Waals surface area contributed by atoms with Gasteiger partial charge in [-0.05, 0) is 37.9 Å². The normalized spacial score (nSPS) is 10.4. The lowest BCUT2D eigenvalue weighted by atomic mass is 10.1. The molecule has 30 heavy (non-hydrogen) atoms. The summed E-state index contributed by atoms with van der Waals surface area (Å²) in [6, 6.07) is 12.7. The number of halogens is 1. The molecule has 0 aliphatic carbocycles. The number of carbonyl (C=O) groups is 2. The van der Waals surface area contributed by atoms with Gasteiger partial charge >= 0.3 is 0 Å². The molecule has 0 radical (unpaired) electrons. The van der Waals surface area contributed by atoms with Gasteiger partial charge in [0.2, 0.25) is 5.91 Å². The third kappa shape index (κ3) is 7.09. The molecule has 0 aliphatic heterocycles. The van der Waals surface area contributed by atoms with Gasteiger partial charge < -0.3 is 25.0 Å². The Labute approximate surface area is 183 Å². The van der Waals surface area contributed by atoms with Gasteiger partial charge in [-0.1, -0.05) is 30.3 Å². The number of carbonyl (C=O) groups excluding carboxylic acids is 2. The third-order valence-corrected chi connectivity index (χ3v) is 4.11. The Morgan fingerprint density at radius 2 is 1.73 bits per heavy atom. The number of amides is 2. The molecule has 2 rings (SSSR count). The van der Waals surface area contributed by atoms with E-state index in [2.05, 4.69) is 10.6 Å². The van der Waals surface area contributed by atoms with Crippen LogP contribution >= 0.6 is 12.4 Å². The van der Waals surface area contributed by atoms with Crippen LogP contribution in [0.5, 0.6) is 11.5 Å². The van der Waals surface area contributed by atoms with Gasteiger partial charge in [-0.2, -0.15) is 0 Å². The molecular weight excluding hydrogens is 406 g/mol. The zero-order valence-corrected chi connectivity index (χ0v) is 18.4. The lowest BCUT2D eigenvalue weighted by Crippen LogP contribution is -2.32. The second kappa shape index (κ2) is 12.5. The van der Waals surface area contributed by atoms with E-state index in [4.69, 9.17) is 9.47 Å². The summed E-state index contributed by atoms with van der Waals surface area (Å²) in [6.07, 6.45) is 3.10. The van der Waals surface area contributed by atoms with Crippen LogP contribution in [-0.4, -0.2) is 58.1 Å². The van der Waals surface area contributed by atoms with Crippen LogP contribution in [0.15, 0.2) is 48.5 Å². The van der Waals surface area contributed by atoms with Gasteiger partial charge in [0.15, 0.2) is 11.5 Å². The van der Waals surface area contributed by atoms with E-state index < -0.39 is 0 Å². The lowest BCUT2D eigenvalue weighted by Gasteiger charge is -2.17. The van der Waals surface area contributed by atoms with E-state index in [1.54, 1.807) is 18.2 Å². The Balaban J connectivity index is 0.00000450. The van der Waals surface area contributed by atoms with Crippen LogP contribution in [0.25, 0.3) is 6.08 Å². The average Bonchev–Trinajstić information content (AvgIpc) is 2.72. The predicted molar refractivity (Wildman–Crippen MR) is 122 cm³/mol. The molecule has 0 saturated carbocycles. The van der Waals surface area contributed by atoms with Crippen molar-refractivity contribution in [1.82, 2.24) is 10.2 Å². The van der Waals surface area contributed by atoms with Gasteiger partial charge in [0.1, 0.15) is 5.69 Å². The van der Waals surface area contributed by atoms with Gasteiger partial charge in [-0.3, -0.25) is 9.59 Å². The Hall–Kier alpha value is -3.03. The van der Waals surface area contributed by atoms with Crippen LogP contribution in [-0.2, 0) is 4.79 Å². The molecular formula is C22H28ClN3O4. The molecule has 8 heteroatoms. The van der Waals surface area contributed by atoms with E-state index in [-0.39, 0.29) is 35.7 Å². The minimum atomic E-state index is -0.386. The number of hydrogen-bond acceptors (Lipinski definition) is 5. The maximum atomic E-state index is 12.7. The highest BCUT2D eigenvalue weighted by atomic mass is 35.5. The summed E-state index contributed by atoms with van der Waals surface area (Å²) in [6.45, 7) is 1.17. The second-order valence-corrected chi connectivity index (χ2v) is 6.52. The fourth-order valence-corrected chi connectivity index (χ4v) is 2.63. The summed E-state index contributed by atoms with van der Waals surface area (Å²) in [5.41, 5.74) is 1.45. The number of rotatable bonds is 9. The highest BCUT2D eigenvalue weighted by molar-refractivity contribution is 6.09. The lowest BCUT2D eigenvalue weighted by molar-refractivity contribution is -0.111. The van der Waals surface area contributed by atoms with Crippen LogP contribution < -0.4 is 20.1 Å². The highest BCUT2D eigenvalue weighted by Crippen LogP contribution is 2.38. The van der Waals surface area contributed by atoms with Crippen molar-refractivity contribution < 1.29 is 19.1 Å². The van der Waals surface area contributed by atoms with Crippen LogP contribution in [0.4, 0.5) is 5.69 Å².